The molecule has 3 N–H and O–H groups in total. The number of amides is 2. The zero-order valence-electron chi connectivity index (χ0n) is 10.1. The second kappa shape index (κ2) is 7.12. The number of nitrogens with two attached hydrogens (primary N) is 1. The van der Waals surface area contributed by atoms with E-state index in [0.717, 1.165) is 5.56 Å². The van der Waals surface area contributed by atoms with Crippen LogP contribution < -0.4 is 5.73 Å². The zero-order chi connectivity index (χ0) is 14.3. The molecule has 0 heterocycles. The van der Waals surface area contributed by atoms with Crippen LogP contribution in [0.3, 0.4) is 0 Å². The van der Waals surface area contributed by atoms with Gasteiger partial charge in [0.1, 0.15) is 13.2 Å². The Morgan fingerprint density at radius 1 is 1.21 bits per heavy atom. The van der Waals surface area contributed by atoms with Crippen LogP contribution in [0.4, 0.5) is 4.79 Å². The van der Waals surface area contributed by atoms with Crippen molar-refractivity contribution in [3.05, 3.63) is 35.9 Å². The molecule has 0 unspecified atom stereocenters. The lowest BCUT2D eigenvalue weighted by atomic mass is 10.2. The molecule has 102 valence electrons. The van der Waals surface area contributed by atoms with Gasteiger partial charge in [0, 0.05) is 0 Å². The van der Waals surface area contributed by atoms with Gasteiger partial charge in [-0.15, -0.1) is 0 Å². The summed E-state index contributed by atoms with van der Waals surface area (Å²) in [5.74, 6) is -2.13. The number of benzene rings is 1. The molecule has 0 atom stereocenters. The molecule has 0 aliphatic carbocycles. The number of carboxylic acids is 1. The van der Waals surface area contributed by atoms with Gasteiger partial charge in [0.05, 0.1) is 6.54 Å². The summed E-state index contributed by atoms with van der Waals surface area (Å²) in [7, 11) is 0. The second-order valence-electron chi connectivity index (χ2n) is 3.62. The number of hydrogen-bond acceptors (Lipinski definition) is 5. The van der Waals surface area contributed by atoms with Crippen LogP contribution in [-0.2, 0) is 20.9 Å². The topological polar surface area (TPSA) is 110 Å². The quantitative estimate of drug-likeness (QED) is 0.787. The molecule has 0 aromatic heterocycles. The number of imide groups is 1. The Bertz CT molecular complexity index is 460. The Hall–Kier alpha value is -2.41. The van der Waals surface area contributed by atoms with Crippen molar-refractivity contribution < 1.29 is 24.2 Å². The molecule has 19 heavy (non-hydrogen) atoms. The van der Waals surface area contributed by atoms with E-state index in [0.29, 0.717) is 4.90 Å². The van der Waals surface area contributed by atoms with E-state index >= 15 is 0 Å². The van der Waals surface area contributed by atoms with Crippen molar-refractivity contribution in [2.45, 2.75) is 6.61 Å². The minimum Gasteiger partial charge on any atom is -0.480 e. The molecule has 0 spiro atoms. The van der Waals surface area contributed by atoms with Crippen LogP contribution in [0.5, 0.6) is 0 Å². The van der Waals surface area contributed by atoms with Gasteiger partial charge < -0.3 is 15.6 Å². The Labute approximate surface area is 109 Å². The van der Waals surface area contributed by atoms with Gasteiger partial charge >= 0.3 is 12.1 Å². The van der Waals surface area contributed by atoms with E-state index in [-0.39, 0.29) is 6.61 Å². The summed E-state index contributed by atoms with van der Waals surface area (Å²) in [6.07, 6.45) is -1.03. The molecular weight excluding hydrogens is 252 g/mol. The van der Waals surface area contributed by atoms with Crippen LogP contribution in [0.2, 0.25) is 0 Å². The van der Waals surface area contributed by atoms with Gasteiger partial charge in [-0.2, -0.15) is 0 Å². The van der Waals surface area contributed by atoms with Crippen LogP contribution >= 0.6 is 0 Å². The van der Waals surface area contributed by atoms with E-state index in [4.69, 9.17) is 15.6 Å². The molecule has 7 nitrogen and oxygen atoms in total. The number of rotatable bonds is 5. The van der Waals surface area contributed by atoms with E-state index in [9.17, 15) is 14.4 Å². The van der Waals surface area contributed by atoms with Crippen LogP contribution in [0.25, 0.3) is 0 Å². The van der Waals surface area contributed by atoms with Gasteiger partial charge in [0.25, 0.3) is 0 Å². The highest BCUT2D eigenvalue weighted by molar-refractivity contribution is 5.95. The highest BCUT2D eigenvalue weighted by Crippen LogP contribution is 2.03. The molecule has 0 fully saturated rings. The number of nitrogens with zero attached hydrogens (tertiary/aromatic N) is 1. The fourth-order valence-electron chi connectivity index (χ4n) is 1.30. The Balaban J connectivity index is 2.62. The maximum absolute atomic E-state index is 11.6. The zero-order valence-corrected chi connectivity index (χ0v) is 10.1. The fourth-order valence-corrected chi connectivity index (χ4v) is 1.30. The molecule has 1 rings (SSSR count). The van der Waals surface area contributed by atoms with Gasteiger partial charge in [0.2, 0.25) is 5.91 Å². The highest BCUT2D eigenvalue weighted by atomic mass is 16.6. The normalized spacial score (nSPS) is 9.74. The van der Waals surface area contributed by atoms with Crippen molar-refractivity contribution >= 4 is 18.0 Å². The lowest BCUT2D eigenvalue weighted by molar-refractivity contribution is -0.142. The van der Waals surface area contributed by atoms with Crippen molar-refractivity contribution in [3.8, 4) is 0 Å². The third-order valence-electron chi connectivity index (χ3n) is 2.19. The van der Waals surface area contributed by atoms with Crippen LogP contribution in [0.15, 0.2) is 30.3 Å². The van der Waals surface area contributed by atoms with Crippen LogP contribution in [0, 0.1) is 0 Å². The third kappa shape index (κ3) is 4.76. The number of ether oxygens (including phenoxy) is 1. The summed E-state index contributed by atoms with van der Waals surface area (Å²) >= 11 is 0. The Kier molecular flexibility index (Phi) is 5.49. The molecule has 0 aliphatic heterocycles. The van der Waals surface area contributed by atoms with Crippen molar-refractivity contribution in [1.82, 2.24) is 4.90 Å². The molecule has 0 aliphatic rings. The molecule has 0 bridgehead atoms. The molecule has 7 heteroatoms. The SMILES string of the molecule is NCC(=O)N(CC(=O)O)C(=O)OCc1ccccc1. The van der Waals surface area contributed by atoms with Gasteiger partial charge in [0.15, 0.2) is 0 Å². The first-order chi connectivity index (χ1) is 9.04. The number of carboxylic acid groups (broad SMARTS) is 1. The smallest absolute Gasteiger partial charge is 0.417 e. The molecule has 1 aromatic carbocycles. The fraction of sp³-hybridized carbons (Fsp3) is 0.250. The van der Waals surface area contributed by atoms with Gasteiger partial charge in [-0.1, -0.05) is 30.3 Å². The van der Waals surface area contributed by atoms with Gasteiger partial charge in [-0.25, -0.2) is 9.69 Å². The Morgan fingerprint density at radius 2 is 1.84 bits per heavy atom. The molecule has 0 saturated heterocycles. The van der Waals surface area contributed by atoms with E-state index in [1.807, 2.05) is 0 Å². The lowest BCUT2D eigenvalue weighted by Gasteiger charge is -2.17. The second-order valence-corrected chi connectivity index (χ2v) is 3.62. The monoisotopic (exact) mass is 266 g/mol. The first kappa shape index (κ1) is 14.7. The van der Waals surface area contributed by atoms with E-state index in [1.165, 1.54) is 0 Å². The lowest BCUT2D eigenvalue weighted by Crippen LogP contribution is -2.43. The maximum atomic E-state index is 11.6. The number of hydrogen-bond donors (Lipinski definition) is 2. The van der Waals surface area contributed by atoms with E-state index in [1.54, 1.807) is 30.3 Å². The number of carbonyl (C=O) groups is 3. The van der Waals surface area contributed by atoms with Crippen molar-refractivity contribution in [3.63, 3.8) is 0 Å². The molecule has 1 aromatic rings. The minimum absolute atomic E-state index is 0.0480. The maximum Gasteiger partial charge on any atom is 0.417 e. The molecule has 0 saturated carbocycles. The summed E-state index contributed by atoms with van der Waals surface area (Å²) in [4.78, 5) is 34.0. The standard InChI is InChI=1S/C12H14N2O5/c13-6-10(15)14(7-11(16)17)12(18)19-8-9-4-2-1-3-5-9/h1-5H,6-8,13H2,(H,16,17). The summed E-state index contributed by atoms with van der Waals surface area (Å²) in [5, 5.41) is 8.62. The molecular formula is C12H14N2O5. The molecule has 2 amide bonds. The Morgan fingerprint density at radius 3 is 2.37 bits per heavy atom. The van der Waals surface area contributed by atoms with Crippen molar-refractivity contribution in [2.75, 3.05) is 13.1 Å². The van der Waals surface area contributed by atoms with Crippen LogP contribution in [0.1, 0.15) is 5.56 Å². The highest BCUT2D eigenvalue weighted by Gasteiger charge is 2.24. The summed E-state index contributed by atoms with van der Waals surface area (Å²) in [5.41, 5.74) is 5.83. The number of aliphatic carboxylic acids is 1. The van der Waals surface area contributed by atoms with Crippen molar-refractivity contribution in [1.29, 1.82) is 0 Å². The summed E-state index contributed by atoms with van der Waals surface area (Å²) in [6.45, 7) is -1.29. The summed E-state index contributed by atoms with van der Waals surface area (Å²) in [6, 6.07) is 8.81. The largest absolute Gasteiger partial charge is 0.480 e. The molecule has 0 radical (unpaired) electrons. The first-order valence-corrected chi connectivity index (χ1v) is 5.47. The third-order valence-corrected chi connectivity index (χ3v) is 2.19. The van der Waals surface area contributed by atoms with Crippen molar-refractivity contribution in [2.24, 2.45) is 5.73 Å². The van der Waals surface area contributed by atoms with Crippen LogP contribution in [-0.4, -0.2) is 41.1 Å². The average molecular weight is 266 g/mol. The van der Waals surface area contributed by atoms with E-state index < -0.39 is 31.1 Å². The number of carbonyl (C=O) groups excluding carboxylic acids is 2. The van der Waals surface area contributed by atoms with Gasteiger partial charge in [-0.05, 0) is 5.56 Å². The average Bonchev–Trinajstić information content (AvgIpc) is 2.42. The summed E-state index contributed by atoms with van der Waals surface area (Å²) < 4.78 is 4.86. The minimum atomic E-state index is -1.32. The van der Waals surface area contributed by atoms with E-state index in [2.05, 4.69) is 0 Å². The first-order valence-electron chi connectivity index (χ1n) is 5.47. The van der Waals surface area contributed by atoms with Gasteiger partial charge in [-0.3, -0.25) is 9.59 Å². The predicted octanol–water partition coefficient (Wildman–Crippen LogP) is 0.195. The predicted molar refractivity (Wildman–Crippen MR) is 65.0 cm³/mol.